The van der Waals surface area contributed by atoms with E-state index in [4.69, 9.17) is 4.74 Å². The van der Waals surface area contributed by atoms with E-state index < -0.39 is 5.97 Å². The van der Waals surface area contributed by atoms with Crippen LogP contribution in [0.5, 0.6) is 5.75 Å². The normalized spacial score (nSPS) is 21.9. The summed E-state index contributed by atoms with van der Waals surface area (Å²) in [5, 5.41) is 9.35. The predicted molar refractivity (Wildman–Crippen MR) is 125 cm³/mol. The third-order valence-corrected chi connectivity index (χ3v) is 6.68. The molecule has 168 valence electrons. The smallest absolute Gasteiger partial charge is 0.335 e. The minimum absolute atomic E-state index is 0.00772. The molecule has 1 heterocycles. The first kappa shape index (κ1) is 23.3. The van der Waals surface area contributed by atoms with Crippen molar-refractivity contribution in [2.75, 3.05) is 40.3 Å². The summed E-state index contributed by atoms with van der Waals surface area (Å²) in [6, 6.07) is 15.9. The zero-order chi connectivity index (χ0) is 22.4. The number of nitrogens with zero attached hydrogens (tertiary/aromatic N) is 2. The molecule has 2 unspecified atom stereocenters. The highest BCUT2D eigenvalue weighted by atomic mass is 16.5. The minimum Gasteiger partial charge on any atom is -0.494 e. The SMILES string of the molecule is CC1CN(Cc2ccc(OCCCN(C)C)cc2)CCC1(C)c1cccc(C(=O)O)c1. The van der Waals surface area contributed by atoms with Gasteiger partial charge in [0.2, 0.25) is 0 Å². The molecule has 0 radical (unpaired) electrons. The van der Waals surface area contributed by atoms with Crippen molar-refractivity contribution in [3.05, 3.63) is 65.2 Å². The summed E-state index contributed by atoms with van der Waals surface area (Å²) in [6.45, 7) is 9.25. The number of carbonyl (C=O) groups is 1. The van der Waals surface area contributed by atoms with Gasteiger partial charge < -0.3 is 14.7 Å². The molecular weight excluding hydrogens is 388 g/mol. The van der Waals surface area contributed by atoms with Gasteiger partial charge in [-0.05, 0) is 80.2 Å². The number of hydrogen-bond acceptors (Lipinski definition) is 4. The Kier molecular flexibility index (Phi) is 7.74. The van der Waals surface area contributed by atoms with Gasteiger partial charge in [-0.15, -0.1) is 0 Å². The van der Waals surface area contributed by atoms with E-state index in [1.807, 2.05) is 12.1 Å². The lowest BCUT2D eigenvalue weighted by atomic mass is 9.68. The van der Waals surface area contributed by atoms with Crippen LogP contribution in [-0.2, 0) is 12.0 Å². The van der Waals surface area contributed by atoms with Gasteiger partial charge in [0.05, 0.1) is 12.2 Å². The van der Waals surface area contributed by atoms with E-state index in [2.05, 4.69) is 68.1 Å². The van der Waals surface area contributed by atoms with Crippen molar-refractivity contribution in [3.8, 4) is 5.75 Å². The number of benzene rings is 2. The fourth-order valence-electron chi connectivity index (χ4n) is 4.42. The van der Waals surface area contributed by atoms with E-state index in [9.17, 15) is 9.90 Å². The first-order chi connectivity index (χ1) is 14.8. The third kappa shape index (κ3) is 6.08. The summed E-state index contributed by atoms with van der Waals surface area (Å²) >= 11 is 0. The molecule has 1 fully saturated rings. The van der Waals surface area contributed by atoms with Crippen molar-refractivity contribution in [2.45, 2.75) is 38.6 Å². The standard InChI is InChI=1S/C26H36N2O3/c1-20-18-28(15-13-26(20,2)23-8-5-7-22(17-23)25(29)30)19-21-9-11-24(12-10-21)31-16-6-14-27(3)4/h5,7-12,17,20H,6,13-16,18-19H2,1-4H3,(H,29,30). The van der Waals surface area contributed by atoms with Crippen LogP contribution in [0.3, 0.4) is 0 Å². The number of aromatic carboxylic acids is 1. The van der Waals surface area contributed by atoms with Gasteiger partial charge in [0.15, 0.2) is 0 Å². The van der Waals surface area contributed by atoms with Crippen LogP contribution in [0.1, 0.15) is 48.2 Å². The molecule has 5 heteroatoms. The molecular formula is C26H36N2O3. The molecule has 5 nitrogen and oxygen atoms in total. The van der Waals surface area contributed by atoms with E-state index in [0.29, 0.717) is 11.5 Å². The zero-order valence-corrected chi connectivity index (χ0v) is 19.3. The molecule has 2 atom stereocenters. The van der Waals surface area contributed by atoms with Crippen LogP contribution in [0.4, 0.5) is 0 Å². The maximum absolute atomic E-state index is 11.4. The number of likely N-dealkylation sites (tertiary alicyclic amines) is 1. The molecule has 0 aliphatic carbocycles. The van der Waals surface area contributed by atoms with E-state index in [1.165, 1.54) is 5.56 Å². The lowest BCUT2D eigenvalue weighted by molar-refractivity contribution is 0.0696. The molecule has 2 aromatic carbocycles. The molecule has 1 aliphatic rings. The summed E-state index contributed by atoms with van der Waals surface area (Å²) in [6.07, 6.45) is 2.04. The second-order valence-electron chi connectivity index (χ2n) is 9.34. The van der Waals surface area contributed by atoms with Crippen LogP contribution >= 0.6 is 0 Å². The molecule has 0 aromatic heterocycles. The van der Waals surface area contributed by atoms with Gasteiger partial charge in [0.1, 0.15) is 5.75 Å². The maximum Gasteiger partial charge on any atom is 0.335 e. The molecule has 0 bridgehead atoms. The highest BCUT2D eigenvalue weighted by molar-refractivity contribution is 5.87. The molecule has 0 spiro atoms. The largest absolute Gasteiger partial charge is 0.494 e. The van der Waals surface area contributed by atoms with Crippen LogP contribution in [0.2, 0.25) is 0 Å². The average molecular weight is 425 g/mol. The van der Waals surface area contributed by atoms with Gasteiger partial charge in [-0.25, -0.2) is 4.79 Å². The number of hydrogen-bond donors (Lipinski definition) is 1. The van der Waals surface area contributed by atoms with Crippen molar-refractivity contribution in [1.29, 1.82) is 0 Å². The Morgan fingerprint density at radius 1 is 1.23 bits per heavy atom. The molecule has 31 heavy (non-hydrogen) atoms. The lowest BCUT2D eigenvalue weighted by Gasteiger charge is -2.45. The number of carboxylic acids is 1. The lowest BCUT2D eigenvalue weighted by Crippen LogP contribution is -2.47. The monoisotopic (exact) mass is 424 g/mol. The van der Waals surface area contributed by atoms with Gasteiger partial charge >= 0.3 is 5.97 Å². The van der Waals surface area contributed by atoms with Gasteiger partial charge in [-0.1, -0.05) is 38.1 Å². The number of rotatable bonds is 9. The number of ether oxygens (including phenoxy) is 1. The van der Waals surface area contributed by atoms with Crippen molar-refractivity contribution in [3.63, 3.8) is 0 Å². The molecule has 1 aliphatic heterocycles. The Labute approximate surface area is 186 Å². The first-order valence-electron chi connectivity index (χ1n) is 11.2. The second kappa shape index (κ2) is 10.3. The fourth-order valence-corrected chi connectivity index (χ4v) is 4.42. The van der Waals surface area contributed by atoms with Crippen molar-refractivity contribution in [2.24, 2.45) is 5.92 Å². The number of piperidine rings is 1. The van der Waals surface area contributed by atoms with Crippen molar-refractivity contribution >= 4 is 5.97 Å². The van der Waals surface area contributed by atoms with Crippen molar-refractivity contribution in [1.82, 2.24) is 9.80 Å². The Hall–Kier alpha value is -2.37. The van der Waals surface area contributed by atoms with Crippen molar-refractivity contribution < 1.29 is 14.6 Å². The van der Waals surface area contributed by atoms with Gasteiger partial charge in [0, 0.05) is 19.6 Å². The van der Waals surface area contributed by atoms with Crippen LogP contribution < -0.4 is 4.74 Å². The summed E-state index contributed by atoms with van der Waals surface area (Å²) in [5.74, 6) is 0.505. The van der Waals surface area contributed by atoms with E-state index in [1.54, 1.807) is 6.07 Å². The molecule has 1 N–H and O–H groups in total. The third-order valence-electron chi connectivity index (χ3n) is 6.68. The van der Waals surface area contributed by atoms with Gasteiger partial charge in [-0.3, -0.25) is 4.90 Å². The maximum atomic E-state index is 11.4. The molecule has 3 rings (SSSR count). The highest BCUT2D eigenvalue weighted by Crippen LogP contribution is 2.40. The van der Waals surface area contributed by atoms with Crippen LogP contribution in [0.25, 0.3) is 0 Å². The second-order valence-corrected chi connectivity index (χ2v) is 9.34. The van der Waals surface area contributed by atoms with E-state index in [-0.39, 0.29) is 5.41 Å². The molecule has 0 amide bonds. The van der Waals surface area contributed by atoms with Crippen LogP contribution in [0.15, 0.2) is 48.5 Å². The van der Waals surface area contributed by atoms with Crippen LogP contribution in [0, 0.1) is 5.92 Å². The minimum atomic E-state index is -0.860. The quantitative estimate of drug-likeness (QED) is 0.600. The van der Waals surface area contributed by atoms with E-state index in [0.717, 1.165) is 56.9 Å². The Balaban J connectivity index is 1.55. The highest BCUT2D eigenvalue weighted by Gasteiger charge is 2.38. The summed E-state index contributed by atoms with van der Waals surface area (Å²) < 4.78 is 5.84. The summed E-state index contributed by atoms with van der Waals surface area (Å²) in [4.78, 5) is 16.0. The topological polar surface area (TPSA) is 53.0 Å². The first-order valence-corrected chi connectivity index (χ1v) is 11.2. The summed E-state index contributed by atoms with van der Waals surface area (Å²) in [5.41, 5.74) is 2.80. The van der Waals surface area contributed by atoms with E-state index >= 15 is 0 Å². The molecule has 2 aromatic rings. The average Bonchev–Trinajstić information content (AvgIpc) is 2.75. The van der Waals surface area contributed by atoms with Gasteiger partial charge in [0.25, 0.3) is 0 Å². The predicted octanol–water partition coefficient (Wildman–Crippen LogP) is 4.52. The molecule has 0 saturated carbocycles. The van der Waals surface area contributed by atoms with Gasteiger partial charge in [-0.2, -0.15) is 0 Å². The Morgan fingerprint density at radius 3 is 2.61 bits per heavy atom. The van der Waals surface area contributed by atoms with Crippen LogP contribution in [-0.4, -0.2) is 61.2 Å². The Bertz CT molecular complexity index is 865. The zero-order valence-electron chi connectivity index (χ0n) is 19.3. The fraction of sp³-hybridized carbons (Fsp3) is 0.500. The summed E-state index contributed by atoms with van der Waals surface area (Å²) in [7, 11) is 4.15. The Morgan fingerprint density at radius 2 is 1.97 bits per heavy atom. The molecule has 1 saturated heterocycles. The number of carboxylic acid groups (broad SMARTS) is 1.